The van der Waals surface area contributed by atoms with Crippen LogP contribution in [0.2, 0.25) is 0 Å². The van der Waals surface area contributed by atoms with Crippen molar-refractivity contribution < 1.29 is 9.47 Å². The molecule has 3 aromatic rings. The van der Waals surface area contributed by atoms with Crippen molar-refractivity contribution in [3.63, 3.8) is 0 Å². The van der Waals surface area contributed by atoms with E-state index in [-0.39, 0.29) is 0 Å². The van der Waals surface area contributed by atoms with E-state index in [1.54, 1.807) is 0 Å². The number of fused-ring (bicyclic) bond motifs is 1. The van der Waals surface area contributed by atoms with E-state index in [2.05, 4.69) is 32.6 Å². The Morgan fingerprint density at radius 1 is 1.00 bits per heavy atom. The van der Waals surface area contributed by atoms with Crippen LogP contribution in [0.4, 0.5) is 0 Å². The van der Waals surface area contributed by atoms with E-state index in [0.29, 0.717) is 25.8 Å². The molecule has 0 bridgehead atoms. The predicted octanol–water partition coefficient (Wildman–Crippen LogP) is 2.77. The maximum absolute atomic E-state index is 5.76. The van der Waals surface area contributed by atoms with Gasteiger partial charge >= 0.3 is 0 Å². The maximum atomic E-state index is 5.76. The lowest BCUT2D eigenvalue weighted by Gasteiger charge is -2.26. The number of rotatable bonds is 4. The molecule has 2 aromatic carbocycles. The number of nitrogens with zero attached hydrogens (tertiary/aromatic N) is 5. The highest BCUT2D eigenvalue weighted by Crippen LogP contribution is 2.38. The lowest BCUT2D eigenvalue weighted by molar-refractivity contribution is 0.170. The first-order valence-electron chi connectivity index (χ1n) is 9.35. The molecular weight excluding hydrogens is 342 g/mol. The Bertz CT molecular complexity index is 927. The number of aromatic nitrogens is 4. The number of para-hydroxylation sites is 1. The molecule has 5 rings (SSSR count). The van der Waals surface area contributed by atoms with Gasteiger partial charge in [-0.15, -0.1) is 5.10 Å². The first-order chi connectivity index (χ1) is 13.4. The van der Waals surface area contributed by atoms with Gasteiger partial charge in [0.15, 0.2) is 17.3 Å². The third-order valence-corrected chi connectivity index (χ3v) is 5.19. The summed E-state index contributed by atoms with van der Waals surface area (Å²) in [6.07, 6.45) is 2.28. The fraction of sp³-hybridized carbons (Fsp3) is 0.350. The minimum atomic E-state index is 0.335. The molecule has 27 heavy (non-hydrogen) atoms. The van der Waals surface area contributed by atoms with Gasteiger partial charge in [-0.25, -0.2) is 0 Å². The van der Waals surface area contributed by atoms with Crippen LogP contribution in [0.1, 0.15) is 30.3 Å². The highest BCUT2D eigenvalue weighted by molar-refractivity contribution is 5.45. The molecule has 1 atom stereocenters. The van der Waals surface area contributed by atoms with Crippen LogP contribution >= 0.6 is 0 Å². The lowest BCUT2D eigenvalue weighted by atomic mass is 10.0. The van der Waals surface area contributed by atoms with Gasteiger partial charge in [0, 0.05) is 6.04 Å². The van der Waals surface area contributed by atoms with Crippen LogP contribution in [0.5, 0.6) is 11.5 Å². The first-order valence-corrected chi connectivity index (χ1v) is 9.35. The predicted molar refractivity (Wildman–Crippen MR) is 99.0 cm³/mol. The van der Waals surface area contributed by atoms with Crippen molar-refractivity contribution in [2.24, 2.45) is 0 Å². The number of hydrogen-bond acceptors (Lipinski definition) is 6. The van der Waals surface area contributed by atoms with Crippen LogP contribution in [0, 0.1) is 0 Å². The van der Waals surface area contributed by atoms with Gasteiger partial charge in [0.1, 0.15) is 13.2 Å². The SMILES string of the molecule is c1ccc(-n2nnnc2CN2CCCC2c2ccc3c(c2)OCCO3)cc1. The van der Waals surface area contributed by atoms with E-state index in [0.717, 1.165) is 42.4 Å². The second kappa shape index (κ2) is 7.00. The molecule has 2 aliphatic heterocycles. The van der Waals surface area contributed by atoms with Gasteiger partial charge in [0.2, 0.25) is 0 Å². The molecule has 0 spiro atoms. The first kappa shape index (κ1) is 16.3. The summed E-state index contributed by atoms with van der Waals surface area (Å²) in [5.74, 6) is 2.54. The molecular formula is C20H21N5O2. The zero-order valence-corrected chi connectivity index (χ0v) is 15.0. The summed E-state index contributed by atoms with van der Waals surface area (Å²) >= 11 is 0. The molecule has 138 valence electrons. The molecule has 3 heterocycles. The highest BCUT2D eigenvalue weighted by Gasteiger charge is 2.29. The molecule has 0 aliphatic carbocycles. The summed E-state index contributed by atoms with van der Waals surface area (Å²) in [7, 11) is 0. The van der Waals surface area contributed by atoms with Gasteiger partial charge in [-0.2, -0.15) is 4.68 Å². The quantitative estimate of drug-likeness (QED) is 0.710. The average Bonchev–Trinajstić information content (AvgIpc) is 3.38. The summed E-state index contributed by atoms with van der Waals surface area (Å²) in [5.41, 5.74) is 2.24. The molecule has 1 saturated heterocycles. The Labute approximate surface area is 157 Å². The van der Waals surface area contributed by atoms with Crippen molar-refractivity contribution in [3.8, 4) is 17.2 Å². The topological polar surface area (TPSA) is 65.3 Å². The number of benzene rings is 2. The number of ether oxygens (including phenoxy) is 2. The van der Waals surface area contributed by atoms with Crippen LogP contribution < -0.4 is 9.47 Å². The smallest absolute Gasteiger partial charge is 0.170 e. The molecule has 7 heteroatoms. The molecule has 1 fully saturated rings. The molecule has 0 N–H and O–H groups in total. The normalized spacial score (nSPS) is 19.3. The van der Waals surface area contributed by atoms with E-state index in [1.807, 2.05) is 41.1 Å². The van der Waals surface area contributed by atoms with Gasteiger partial charge in [0.25, 0.3) is 0 Å². The number of hydrogen-bond donors (Lipinski definition) is 0. The fourth-order valence-corrected chi connectivity index (χ4v) is 3.92. The van der Waals surface area contributed by atoms with Gasteiger partial charge in [0.05, 0.1) is 12.2 Å². The molecule has 1 unspecified atom stereocenters. The zero-order chi connectivity index (χ0) is 18.1. The fourth-order valence-electron chi connectivity index (χ4n) is 3.92. The van der Waals surface area contributed by atoms with Crippen molar-refractivity contribution in [1.82, 2.24) is 25.1 Å². The Balaban J connectivity index is 1.39. The summed E-state index contributed by atoms with van der Waals surface area (Å²) in [6.45, 7) is 2.96. The van der Waals surface area contributed by atoms with E-state index in [1.165, 1.54) is 5.56 Å². The van der Waals surface area contributed by atoms with Crippen LogP contribution in [-0.4, -0.2) is 44.9 Å². The van der Waals surface area contributed by atoms with Gasteiger partial charge in [-0.05, 0) is 59.6 Å². The second-order valence-corrected chi connectivity index (χ2v) is 6.87. The molecule has 7 nitrogen and oxygen atoms in total. The number of likely N-dealkylation sites (tertiary alicyclic amines) is 1. The van der Waals surface area contributed by atoms with Crippen molar-refractivity contribution in [2.45, 2.75) is 25.4 Å². The zero-order valence-electron chi connectivity index (χ0n) is 15.0. The van der Waals surface area contributed by atoms with Crippen molar-refractivity contribution >= 4 is 0 Å². The Kier molecular flexibility index (Phi) is 4.21. The average molecular weight is 363 g/mol. The minimum Gasteiger partial charge on any atom is -0.486 e. The van der Waals surface area contributed by atoms with Gasteiger partial charge in [-0.3, -0.25) is 4.90 Å². The van der Waals surface area contributed by atoms with Crippen LogP contribution in [0.3, 0.4) is 0 Å². The van der Waals surface area contributed by atoms with Gasteiger partial charge in [-0.1, -0.05) is 24.3 Å². The van der Waals surface area contributed by atoms with E-state index < -0.39 is 0 Å². The molecule has 0 saturated carbocycles. The monoisotopic (exact) mass is 363 g/mol. The van der Waals surface area contributed by atoms with Crippen LogP contribution in [0.15, 0.2) is 48.5 Å². The van der Waals surface area contributed by atoms with Gasteiger partial charge < -0.3 is 9.47 Å². The summed E-state index contributed by atoms with van der Waals surface area (Å²) in [5, 5.41) is 12.3. The lowest BCUT2D eigenvalue weighted by Crippen LogP contribution is -2.25. The second-order valence-electron chi connectivity index (χ2n) is 6.87. The van der Waals surface area contributed by atoms with Crippen molar-refractivity contribution in [1.29, 1.82) is 0 Å². The Hall–Kier alpha value is -2.93. The van der Waals surface area contributed by atoms with Crippen molar-refractivity contribution in [2.75, 3.05) is 19.8 Å². The van der Waals surface area contributed by atoms with E-state index in [9.17, 15) is 0 Å². The minimum absolute atomic E-state index is 0.335. The maximum Gasteiger partial charge on any atom is 0.170 e. The van der Waals surface area contributed by atoms with Crippen LogP contribution in [-0.2, 0) is 6.54 Å². The summed E-state index contributed by atoms with van der Waals surface area (Å²) in [6, 6.07) is 16.6. The molecule has 0 amide bonds. The Morgan fingerprint density at radius 3 is 2.74 bits per heavy atom. The third kappa shape index (κ3) is 3.14. The summed E-state index contributed by atoms with van der Waals surface area (Å²) < 4.78 is 13.2. The van der Waals surface area contributed by atoms with Crippen LogP contribution in [0.25, 0.3) is 5.69 Å². The van der Waals surface area contributed by atoms with Crippen molar-refractivity contribution in [3.05, 3.63) is 59.9 Å². The number of tetrazole rings is 1. The molecule has 0 radical (unpaired) electrons. The molecule has 2 aliphatic rings. The third-order valence-electron chi connectivity index (χ3n) is 5.19. The largest absolute Gasteiger partial charge is 0.486 e. The van der Waals surface area contributed by atoms with E-state index in [4.69, 9.17) is 9.47 Å². The Morgan fingerprint density at radius 2 is 1.85 bits per heavy atom. The standard InChI is InChI=1S/C20H21N5O2/c1-2-5-16(6-3-1)25-20(21-22-23-25)14-24-10-4-7-17(24)15-8-9-18-19(13-15)27-12-11-26-18/h1-3,5-6,8-9,13,17H,4,7,10-12,14H2. The van der Waals surface area contributed by atoms with E-state index >= 15 is 0 Å². The molecule has 1 aromatic heterocycles. The summed E-state index contributed by atoms with van der Waals surface area (Å²) in [4.78, 5) is 2.44. The highest BCUT2D eigenvalue weighted by atomic mass is 16.6.